The fraction of sp³-hybridized carbons (Fsp3) is 0.357. The van der Waals surface area contributed by atoms with Gasteiger partial charge in [-0.25, -0.2) is 0 Å². The molecular weight excluding hydrogens is 414 g/mol. The third-order valence-electron chi connectivity index (χ3n) is 6.38. The van der Waals surface area contributed by atoms with Crippen molar-refractivity contribution in [3.05, 3.63) is 77.8 Å². The Morgan fingerprint density at radius 2 is 1.72 bits per heavy atom. The van der Waals surface area contributed by atoms with E-state index in [1.165, 1.54) is 12.8 Å². The molecule has 0 atom stereocenters. The van der Waals surface area contributed by atoms with Crippen molar-refractivity contribution in [3.63, 3.8) is 0 Å². The summed E-state index contributed by atoms with van der Waals surface area (Å²) in [5.74, 6) is 0.796. The molecule has 0 radical (unpaired) electrons. The van der Waals surface area contributed by atoms with Gasteiger partial charge in [-0.15, -0.1) is 0 Å². The Morgan fingerprint density at radius 1 is 1.00 bits per heavy atom. The molecule has 0 aliphatic carbocycles. The molecule has 3 nitrogen and oxygen atoms in total. The summed E-state index contributed by atoms with van der Waals surface area (Å²) in [5.41, 5.74) is 7.36. The zero-order chi connectivity index (χ0) is 22.9. The number of halogens is 1. The summed E-state index contributed by atoms with van der Waals surface area (Å²) in [4.78, 5) is 11.4. The smallest absolute Gasteiger partial charge is 0.0491 e. The quantitative estimate of drug-likeness (QED) is 0.417. The first-order valence-electron chi connectivity index (χ1n) is 11.4. The number of hydrogen-bond acceptors (Lipinski definition) is 3. The van der Waals surface area contributed by atoms with Gasteiger partial charge in [0.15, 0.2) is 0 Å². The molecule has 0 amide bonds. The van der Waals surface area contributed by atoms with Gasteiger partial charge in [0.2, 0.25) is 0 Å². The molecule has 1 aliphatic rings. The third-order valence-corrected chi connectivity index (χ3v) is 6.69. The zero-order valence-corrected chi connectivity index (χ0v) is 20.3. The van der Waals surface area contributed by atoms with E-state index in [1.807, 2.05) is 30.7 Å². The van der Waals surface area contributed by atoms with Gasteiger partial charge in [-0.1, -0.05) is 58.0 Å². The minimum Gasteiger partial charge on any atom is -0.372 e. The van der Waals surface area contributed by atoms with Crippen LogP contribution in [0.4, 0.5) is 0 Å². The predicted octanol–water partition coefficient (Wildman–Crippen LogP) is 7.46. The van der Waals surface area contributed by atoms with Crippen molar-refractivity contribution in [3.8, 4) is 22.3 Å². The van der Waals surface area contributed by atoms with Crippen molar-refractivity contribution in [2.75, 3.05) is 13.1 Å². The van der Waals surface area contributed by atoms with Crippen LogP contribution in [-0.4, -0.2) is 28.0 Å². The summed E-state index contributed by atoms with van der Waals surface area (Å²) in [5, 5.41) is 0.720. The van der Waals surface area contributed by atoms with Gasteiger partial charge in [-0.2, -0.15) is 0 Å². The maximum absolute atomic E-state index is 6.76. The van der Waals surface area contributed by atoms with Crippen LogP contribution in [0.1, 0.15) is 51.8 Å². The summed E-state index contributed by atoms with van der Waals surface area (Å²) >= 11 is 6.76. The Labute approximate surface area is 197 Å². The highest BCUT2D eigenvalue weighted by molar-refractivity contribution is 6.33. The molecule has 0 saturated carbocycles. The largest absolute Gasteiger partial charge is 0.372 e. The molecule has 1 fully saturated rings. The molecule has 0 bridgehead atoms. The Bertz CT molecular complexity index is 1120. The molecular formula is C28H32ClN3. The minimum atomic E-state index is -0.00498. The van der Waals surface area contributed by atoms with E-state index in [-0.39, 0.29) is 5.41 Å². The van der Waals surface area contributed by atoms with Gasteiger partial charge in [0.05, 0.1) is 0 Å². The third kappa shape index (κ3) is 4.88. The number of aromatic nitrogens is 2. The van der Waals surface area contributed by atoms with Gasteiger partial charge < -0.3 is 4.90 Å². The molecule has 32 heavy (non-hydrogen) atoms. The number of pyridine rings is 2. The highest BCUT2D eigenvalue weighted by Crippen LogP contribution is 2.34. The van der Waals surface area contributed by atoms with E-state index in [1.54, 1.807) is 0 Å². The van der Waals surface area contributed by atoms with Gasteiger partial charge in [-0.05, 0) is 54.2 Å². The first kappa shape index (κ1) is 22.5. The summed E-state index contributed by atoms with van der Waals surface area (Å²) in [6, 6.07) is 12.6. The molecule has 1 aromatic carbocycles. The second-order valence-electron chi connectivity index (χ2n) is 9.95. The molecule has 0 spiro atoms. The van der Waals surface area contributed by atoms with Crippen molar-refractivity contribution >= 4 is 17.3 Å². The van der Waals surface area contributed by atoms with Crippen molar-refractivity contribution in [2.45, 2.75) is 46.0 Å². The van der Waals surface area contributed by atoms with E-state index < -0.39 is 0 Å². The van der Waals surface area contributed by atoms with Crippen molar-refractivity contribution in [1.29, 1.82) is 0 Å². The zero-order valence-electron chi connectivity index (χ0n) is 19.5. The van der Waals surface area contributed by atoms with E-state index in [9.17, 15) is 0 Å². The Morgan fingerprint density at radius 3 is 2.41 bits per heavy atom. The fourth-order valence-corrected chi connectivity index (χ4v) is 4.44. The highest BCUT2D eigenvalue weighted by atomic mass is 35.5. The Balaban J connectivity index is 1.60. The average molecular weight is 446 g/mol. The van der Waals surface area contributed by atoms with E-state index in [0.717, 1.165) is 63.2 Å². The summed E-state index contributed by atoms with van der Waals surface area (Å²) in [6.07, 6.45) is 8.08. The average Bonchev–Trinajstić information content (AvgIpc) is 2.78. The maximum atomic E-state index is 6.76. The first-order valence-corrected chi connectivity index (χ1v) is 11.8. The second kappa shape index (κ2) is 9.07. The van der Waals surface area contributed by atoms with Crippen molar-refractivity contribution in [1.82, 2.24) is 14.9 Å². The van der Waals surface area contributed by atoms with Crippen molar-refractivity contribution < 1.29 is 0 Å². The molecule has 1 saturated heterocycles. The lowest BCUT2D eigenvalue weighted by atomic mass is 9.90. The van der Waals surface area contributed by atoms with E-state index in [2.05, 4.69) is 73.4 Å². The van der Waals surface area contributed by atoms with Gasteiger partial charge in [-0.3, -0.25) is 9.97 Å². The van der Waals surface area contributed by atoms with Crippen LogP contribution in [0.5, 0.6) is 0 Å². The molecule has 0 unspecified atom stereocenters. The lowest BCUT2D eigenvalue weighted by Gasteiger charge is -2.33. The predicted molar refractivity (Wildman–Crippen MR) is 136 cm³/mol. The normalized spacial score (nSPS) is 15.1. The fourth-order valence-electron chi connectivity index (χ4n) is 4.16. The number of nitrogens with zero attached hydrogens (tertiary/aromatic N) is 3. The van der Waals surface area contributed by atoms with Crippen LogP contribution < -0.4 is 0 Å². The lowest BCUT2D eigenvalue weighted by molar-refractivity contribution is 0.268. The number of hydrogen-bond donors (Lipinski definition) is 0. The van der Waals surface area contributed by atoms with Crippen LogP contribution in [0.3, 0.4) is 0 Å². The lowest BCUT2D eigenvalue weighted by Crippen LogP contribution is -2.31. The molecule has 4 rings (SSSR count). The van der Waals surface area contributed by atoms with Crippen LogP contribution in [0.15, 0.2) is 61.6 Å². The van der Waals surface area contributed by atoms with E-state index in [0.29, 0.717) is 0 Å². The van der Waals surface area contributed by atoms with Crippen LogP contribution in [-0.2, 0) is 5.41 Å². The Kier molecular flexibility index (Phi) is 6.39. The van der Waals surface area contributed by atoms with Gasteiger partial charge in [0.1, 0.15) is 0 Å². The molecule has 166 valence electrons. The topological polar surface area (TPSA) is 29.0 Å². The number of rotatable bonds is 4. The number of likely N-dealkylation sites (tertiary alicyclic amines) is 1. The SMILES string of the molecule is C=C(c1ccc(-c2cncc(-c3ccnc(C(C)(C)C)c3)c2)c(Cl)c1)N1CCC(C)CC1. The van der Waals surface area contributed by atoms with Crippen LogP contribution in [0.2, 0.25) is 5.02 Å². The standard InChI is InChI=1S/C28H32ClN3/c1-19-9-12-32(13-10-19)20(2)21-6-7-25(26(29)15-21)24-14-23(17-30-18-24)22-8-11-31-27(16-22)28(3,4)5/h6-8,11,14-19H,2,9-10,12-13H2,1,3-5H3. The summed E-state index contributed by atoms with van der Waals surface area (Å²) < 4.78 is 0. The molecule has 2 aromatic heterocycles. The molecule has 3 aromatic rings. The second-order valence-corrected chi connectivity index (χ2v) is 10.4. The van der Waals surface area contributed by atoms with Gasteiger partial charge in [0.25, 0.3) is 0 Å². The van der Waals surface area contributed by atoms with Gasteiger partial charge in [0, 0.05) is 70.2 Å². The highest BCUT2D eigenvalue weighted by Gasteiger charge is 2.19. The van der Waals surface area contributed by atoms with Crippen LogP contribution in [0, 0.1) is 5.92 Å². The summed E-state index contributed by atoms with van der Waals surface area (Å²) in [7, 11) is 0. The van der Waals surface area contributed by atoms with Crippen LogP contribution >= 0.6 is 11.6 Å². The number of piperidine rings is 1. The van der Waals surface area contributed by atoms with E-state index >= 15 is 0 Å². The van der Waals surface area contributed by atoms with E-state index in [4.69, 9.17) is 11.6 Å². The van der Waals surface area contributed by atoms with Gasteiger partial charge >= 0.3 is 0 Å². The van der Waals surface area contributed by atoms with Crippen LogP contribution in [0.25, 0.3) is 28.0 Å². The number of benzene rings is 1. The molecule has 0 N–H and O–H groups in total. The molecule has 4 heteroatoms. The first-order chi connectivity index (χ1) is 15.2. The summed E-state index contributed by atoms with van der Waals surface area (Å²) in [6.45, 7) is 15.3. The monoisotopic (exact) mass is 445 g/mol. The minimum absolute atomic E-state index is 0.00498. The van der Waals surface area contributed by atoms with Crippen molar-refractivity contribution in [2.24, 2.45) is 5.92 Å². The maximum Gasteiger partial charge on any atom is 0.0491 e. The molecule has 3 heterocycles. The molecule has 1 aliphatic heterocycles. The Hall–Kier alpha value is -2.65.